The molecule has 0 bridgehead atoms. The Morgan fingerprint density at radius 1 is 1.12 bits per heavy atom. The van der Waals surface area contributed by atoms with Crippen molar-refractivity contribution in [2.24, 2.45) is 0 Å². The van der Waals surface area contributed by atoms with E-state index in [-0.39, 0.29) is 5.78 Å². The predicted molar refractivity (Wildman–Crippen MR) is 97.1 cm³/mol. The average Bonchev–Trinajstić information content (AvgIpc) is 3.09. The summed E-state index contributed by atoms with van der Waals surface area (Å²) in [6.07, 6.45) is 3.18. The van der Waals surface area contributed by atoms with Crippen LogP contribution in [-0.4, -0.2) is 10.8 Å². The lowest BCUT2D eigenvalue weighted by Crippen LogP contribution is -1.93. The summed E-state index contributed by atoms with van der Waals surface area (Å²) < 4.78 is 0. The van der Waals surface area contributed by atoms with Gasteiger partial charge in [-0.2, -0.15) is 5.26 Å². The minimum atomic E-state index is -0.125. The van der Waals surface area contributed by atoms with Crippen LogP contribution in [0.4, 0.5) is 0 Å². The Kier molecular flexibility index (Phi) is 4.85. The Morgan fingerprint density at radius 3 is 2.50 bits per heavy atom. The van der Waals surface area contributed by atoms with Crippen molar-refractivity contribution in [2.75, 3.05) is 0 Å². The number of aromatic nitrogens is 1. The number of halogens is 1. The predicted octanol–water partition coefficient (Wildman–Crippen LogP) is 5.23. The maximum absolute atomic E-state index is 12.1. The lowest BCUT2D eigenvalue weighted by Gasteiger charge is -1.96. The number of nitrogens with zero attached hydrogens (tertiary/aromatic N) is 2. The smallest absolute Gasteiger partial charge is 0.185 e. The monoisotopic (exact) mass is 350 g/mol. The molecule has 1 aromatic heterocycles. The maximum atomic E-state index is 12.1. The van der Waals surface area contributed by atoms with Crippen molar-refractivity contribution in [3.8, 4) is 16.6 Å². The molecule has 0 aliphatic rings. The highest BCUT2D eigenvalue weighted by atomic mass is 35.5. The zero-order chi connectivity index (χ0) is 16.9. The van der Waals surface area contributed by atoms with E-state index in [0.29, 0.717) is 16.1 Å². The number of carbonyl (C=O) groups is 1. The summed E-state index contributed by atoms with van der Waals surface area (Å²) in [6.45, 7) is 0. The molecule has 0 aliphatic carbocycles. The second-order valence-electron chi connectivity index (χ2n) is 4.97. The van der Waals surface area contributed by atoms with Crippen LogP contribution in [0.5, 0.6) is 0 Å². The summed E-state index contributed by atoms with van der Waals surface area (Å²) in [5.74, 6) is -0.125. The molecular weight excluding hydrogens is 340 g/mol. The first-order chi connectivity index (χ1) is 11.7. The molecule has 0 fully saturated rings. The van der Waals surface area contributed by atoms with E-state index < -0.39 is 0 Å². The number of carbonyl (C=O) groups excluding carboxylic acids is 1. The summed E-state index contributed by atoms with van der Waals surface area (Å²) in [6, 6.07) is 16.0. The zero-order valence-electron chi connectivity index (χ0n) is 12.4. The number of hydrogen-bond acceptors (Lipinski definition) is 4. The fraction of sp³-hybridized carbons (Fsp3) is 0. The Balaban J connectivity index is 1.73. The molecule has 0 radical (unpaired) electrons. The van der Waals surface area contributed by atoms with Gasteiger partial charge in [-0.25, -0.2) is 4.98 Å². The van der Waals surface area contributed by atoms with Gasteiger partial charge in [0.1, 0.15) is 5.01 Å². The molecular formula is C19H11ClN2OS. The van der Waals surface area contributed by atoms with Crippen molar-refractivity contribution in [1.29, 1.82) is 5.26 Å². The van der Waals surface area contributed by atoms with Crippen molar-refractivity contribution in [3.63, 3.8) is 0 Å². The second-order valence-corrected chi connectivity index (χ2v) is 6.27. The van der Waals surface area contributed by atoms with Gasteiger partial charge in [-0.05, 0) is 48.6 Å². The fourth-order valence-corrected chi connectivity index (χ4v) is 2.97. The number of rotatable bonds is 4. The first kappa shape index (κ1) is 16.1. The summed E-state index contributed by atoms with van der Waals surface area (Å²) in [7, 11) is 0. The summed E-state index contributed by atoms with van der Waals surface area (Å²) in [4.78, 5) is 16.6. The first-order valence-corrected chi connectivity index (χ1v) is 8.35. The SMILES string of the molecule is N#Cc1ccc(C(=O)/C=C/c2csc(-c3ccc(Cl)cc3)n2)cc1. The van der Waals surface area contributed by atoms with E-state index in [1.54, 1.807) is 30.3 Å². The van der Waals surface area contributed by atoms with Gasteiger partial charge in [-0.1, -0.05) is 23.7 Å². The maximum Gasteiger partial charge on any atom is 0.185 e. The zero-order valence-corrected chi connectivity index (χ0v) is 14.0. The third kappa shape index (κ3) is 3.77. The molecule has 0 saturated carbocycles. The van der Waals surface area contributed by atoms with Gasteiger partial charge in [-0.15, -0.1) is 11.3 Å². The van der Waals surface area contributed by atoms with E-state index >= 15 is 0 Å². The fourth-order valence-electron chi connectivity index (χ4n) is 2.05. The van der Waals surface area contributed by atoms with Crippen molar-refractivity contribution in [3.05, 3.63) is 81.8 Å². The third-order valence-corrected chi connectivity index (χ3v) is 4.48. The van der Waals surface area contributed by atoms with Crippen LogP contribution in [-0.2, 0) is 0 Å². The van der Waals surface area contributed by atoms with Crippen LogP contribution >= 0.6 is 22.9 Å². The standard InChI is InChI=1S/C19H11ClN2OS/c20-16-7-5-15(6-8-16)19-22-17(12-24-19)9-10-18(23)14-3-1-13(11-21)2-4-14/h1-10,12H/b10-9+. The second kappa shape index (κ2) is 7.22. The van der Waals surface area contributed by atoms with Crippen LogP contribution in [0.25, 0.3) is 16.6 Å². The molecule has 0 spiro atoms. The van der Waals surface area contributed by atoms with Gasteiger partial charge in [0.05, 0.1) is 17.3 Å². The molecule has 0 saturated heterocycles. The molecule has 0 amide bonds. The molecule has 0 N–H and O–H groups in total. The van der Waals surface area contributed by atoms with Gasteiger partial charge in [0.2, 0.25) is 0 Å². The minimum Gasteiger partial charge on any atom is -0.289 e. The molecule has 5 heteroatoms. The van der Waals surface area contributed by atoms with E-state index in [9.17, 15) is 4.79 Å². The van der Waals surface area contributed by atoms with E-state index in [1.807, 2.05) is 35.7 Å². The Bertz CT molecular complexity index is 935. The molecule has 0 unspecified atom stereocenters. The van der Waals surface area contributed by atoms with Crippen LogP contribution in [0.3, 0.4) is 0 Å². The average molecular weight is 351 g/mol. The third-order valence-electron chi connectivity index (χ3n) is 3.32. The van der Waals surface area contributed by atoms with Gasteiger partial charge in [0, 0.05) is 21.5 Å². The number of thiazole rings is 1. The van der Waals surface area contributed by atoms with Crippen molar-refractivity contribution >= 4 is 34.8 Å². The van der Waals surface area contributed by atoms with Crippen LogP contribution in [0.2, 0.25) is 5.02 Å². The topological polar surface area (TPSA) is 53.8 Å². The Hall–Kier alpha value is -2.74. The lowest BCUT2D eigenvalue weighted by atomic mass is 10.1. The van der Waals surface area contributed by atoms with Gasteiger partial charge in [-0.3, -0.25) is 4.79 Å². The number of allylic oxidation sites excluding steroid dienone is 1. The first-order valence-electron chi connectivity index (χ1n) is 7.10. The Morgan fingerprint density at radius 2 is 1.83 bits per heavy atom. The van der Waals surface area contributed by atoms with E-state index in [0.717, 1.165) is 16.3 Å². The molecule has 3 nitrogen and oxygen atoms in total. The summed E-state index contributed by atoms with van der Waals surface area (Å²) in [5, 5.41) is 12.2. The number of benzene rings is 2. The largest absolute Gasteiger partial charge is 0.289 e. The highest BCUT2D eigenvalue weighted by Crippen LogP contribution is 2.25. The molecule has 24 heavy (non-hydrogen) atoms. The van der Waals surface area contributed by atoms with Crippen LogP contribution < -0.4 is 0 Å². The van der Waals surface area contributed by atoms with Gasteiger partial charge < -0.3 is 0 Å². The molecule has 0 atom stereocenters. The minimum absolute atomic E-state index is 0.125. The molecule has 0 aliphatic heterocycles. The van der Waals surface area contributed by atoms with E-state index in [2.05, 4.69) is 4.98 Å². The molecule has 2 aromatic carbocycles. The number of nitriles is 1. The van der Waals surface area contributed by atoms with Gasteiger partial charge in [0.15, 0.2) is 5.78 Å². The molecule has 3 rings (SSSR count). The molecule has 3 aromatic rings. The lowest BCUT2D eigenvalue weighted by molar-refractivity contribution is 0.104. The summed E-state index contributed by atoms with van der Waals surface area (Å²) >= 11 is 7.39. The normalized spacial score (nSPS) is 10.7. The van der Waals surface area contributed by atoms with Crippen molar-refractivity contribution in [2.45, 2.75) is 0 Å². The van der Waals surface area contributed by atoms with Crippen molar-refractivity contribution < 1.29 is 4.79 Å². The van der Waals surface area contributed by atoms with Crippen molar-refractivity contribution in [1.82, 2.24) is 4.98 Å². The number of hydrogen-bond donors (Lipinski definition) is 0. The van der Waals surface area contributed by atoms with Crippen LogP contribution in [0.15, 0.2) is 60.0 Å². The summed E-state index contributed by atoms with van der Waals surface area (Å²) in [5.41, 5.74) is 2.79. The van der Waals surface area contributed by atoms with Crippen LogP contribution in [0.1, 0.15) is 21.6 Å². The molecule has 1 heterocycles. The molecule has 116 valence electrons. The Labute approximate surface area is 148 Å². The quantitative estimate of drug-likeness (QED) is 0.478. The highest BCUT2D eigenvalue weighted by molar-refractivity contribution is 7.13. The highest BCUT2D eigenvalue weighted by Gasteiger charge is 2.05. The van der Waals surface area contributed by atoms with E-state index in [4.69, 9.17) is 16.9 Å². The van der Waals surface area contributed by atoms with Gasteiger partial charge in [0.25, 0.3) is 0 Å². The van der Waals surface area contributed by atoms with E-state index in [1.165, 1.54) is 17.4 Å². The van der Waals surface area contributed by atoms with Crippen LogP contribution in [0, 0.1) is 11.3 Å². The number of ketones is 1. The van der Waals surface area contributed by atoms with Gasteiger partial charge >= 0.3 is 0 Å².